The highest BCUT2D eigenvalue weighted by atomic mass is 28.4. The van der Waals surface area contributed by atoms with Crippen molar-refractivity contribution in [3.8, 4) is 0 Å². The third-order valence-electron chi connectivity index (χ3n) is 6.72. The summed E-state index contributed by atoms with van der Waals surface area (Å²) in [6.07, 6.45) is -0.302. The summed E-state index contributed by atoms with van der Waals surface area (Å²) in [5, 5.41) is 3.08. The zero-order valence-corrected chi connectivity index (χ0v) is 19.6. The quantitative estimate of drug-likeness (QED) is 0.494. The minimum Gasteiger partial charge on any atom is -0.413 e. The van der Waals surface area contributed by atoms with Crippen molar-refractivity contribution in [1.29, 1.82) is 0 Å². The molecule has 3 unspecified atom stereocenters. The summed E-state index contributed by atoms with van der Waals surface area (Å²) in [4.78, 5) is 12.2. The molecule has 0 aliphatic carbocycles. The first-order valence-corrected chi connectivity index (χ1v) is 15.2. The standard InChI is InChI=1S/C18H39NO3Si2/c1-12(2)18(6,7)24(10,11)21-14(5)15-16(20)19-17(15)22-23(8,9)13(3)4/h12-15,17H,1-11H3,(H,19,20). The van der Waals surface area contributed by atoms with Gasteiger partial charge in [-0.25, -0.2) is 0 Å². The highest BCUT2D eigenvalue weighted by Gasteiger charge is 2.51. The molecule has 1 heterocycles. The first kappa shape index (κ1) is 21.9. The van der Waals surface area contributed by atoms with Crippen LogP contribution in [0.5, 0.6) is 0 Å². The third kappa shape index (κ3) is 4.32. The van der Waals surface area contributed by atoms with E-state index < -0.39 is 16.6 Å². The average Bonchev–Trinajstić information content (AvgIpc) is 2.35. The maximum Gasteiger partial charge on any atom is 0.232 e. The number of nitrogens with one attached hydrogen (secondary N) is 1. The van der Waals surface area contributed by atoms with Crippen LogP contribution in [0, 0.1) is 11.8 Å². The zero-order chi connectivity index (χ0) is 19.1. The van der Waals surface area contributed by atoms with E-state index in [0.717, 1.165) is 0 Å². The van der Waals surface area contributed by atoms with Crippen LogP contribution in [-0.4, -0.2) is 34.9 Å². The van der Waals surface area contributed by atoms with Gasteiger partial charge in [-0.05, 0) is 49.6 Å². The molecule has 1 rings (SSSR count). The predicted octanol–water partition coefficient (Wildman–Crippen LogP) is 4.74. The molecule has 0 saturated carbocycles. The van der Waals surface area contributed by atoms with Gasteiger partial charge < -0.3 is 14.2 Å². The van der Waals surface area contributed by atoms with Gasteiger partial charge in [0.2, 0.25) is 5.91 Å². The van der Waals surface area contributed by atoms with E-state index in [4.69, 9.17) is 8.85 Å². The second-order valence-corrected chi connectivity index (χ2v) is 18.7. The van der Waals surface area contributed by atoms with Crippen molar-refractivity contribution in [3.63, 3.8) is 0 Å². The maximum absolute atomic E-state index is 12.2. The number of carbonyl (C=O) groups excluding carboxylic acids is 1. The Morgan fingerprint density at radius 2 is 1.54 bits per heavy atom. The molecule has 1 N–H and O–H groups in total. The summed E-state index contributed by atoms with van der Waals surface area (Å²) in [7, 11) is -3.77. The molecule has 0 bridgehead atoms. The van der Waals surface area contributed by atoms with Crippen molar-refractivity contribution in [2.24, 2.45) is 11.8 Å². The van der Waals surface area contributed by atoms with E-state index >= 15 is 0 Å². The van der Waals surface area contributed by atoms with Gasteiger partial charge in [0.1, 0.15) is 12.1 Å². The summed E-state index contributed by atoms with van der Waals surface area (Å²) < 4.78 is 12.9. The van der Waals surface area contributed by atoms with E-state index in [0.29, 0.717) is 11.5 Å². The largest absolute Gasteiger partial charge is 0.413 e. The smallest absolute Gasteiger partial charge is 0.232 e. The van der Waals surface area contributed by atoms with Crippen molar-refractivity contribution < 1.29 is 13.6 Å². The Balaban J connectivity index is 2.82. The van der Waals surface area contributed by atoms with E-state index in [1.54, 1.807) is 0 Å². The molecule has 0 radical (unpaired) electrons. The van der Waals surface area contributed by atoms with Crippen LogP contribution >= 0.6 is 0 Å². The van der Waals surface area contributed by atoms with Gasteiger partial charge in [-0.15, -0.1) is 0 Å². The molecule has 1 saturated heterocycles. The Hall–Kier alpha value is -0.176. The second-order valence-electron chi connectivity index (χ2n) is 9.54. The van der Waals surface area contributed by atoms with Crippen LogP contribution in [0.15, 0.2) is 0 Å². The molecule has 1 fully saturated rings. The molecule has 142 valence electrons. The number of β-lactam (4-membered cyclic amide) rings is 1. The summed E-state index contributed by atoms with van der Waals surface area (Å²) in [5.74, 6) is 0.416. The van der Waals surface area contributed by atoms with Crippen LogP contribution in [-0.2, 0) is 13.6 Å². The first-order valence-electron chi connectivity index (χ1n) is 9.29. The van der Waals surface area contributed by atoms with E-state index in [9.17, 15) is 4.79 Å². The van der Waals surface area contributed by atoms with Crippen molar-refractivity contribution in [3.05, 3.63) is 0 Å². The fraction of sp³-hybridized carbons (Fsp3) is 0.944. The lowest BCUT2D eigenvalue weighted by atomic mass is 9.94. The van der Waals surface area contributed by atoms with Gasteiger partial charge >= 0.3 is 0 Å². The zero-order valence-electron chi connectivity index (χ0n) is 17.6. The Morgan fingerprint density at radius 3 is 1.92 bits per heavy atom. The molecule has 6 heteroatoms. The van der Waals surface area contributed by atoms with Crippen LogP contribution in [0.25, 0.3) is 0 Å². The molecule has 0 aromatic carbocycles. The fourth-order valence-electron chi connectivity index (χ4n) is 2.78. The van der Waals surface area contributed by atoms with Gasteiger partial charge in [0, 0.05) is 0 Å². The Bertz CT molecular complexity index is 461. The van der Waals surface area contributed by atoms with Crippen molar-refractivity contribution in [1.82, 2.24) is 5.32 Å². The molecular weight excluding hydrogens is 334 g/mol. The van der Waals surface area contributed by atoms with Crippen LogP contribution in [0.2, 0.25) is 36.8 Å². The Kier molecular flexibility index (Phi) is 6.57. The summed E-state index contributed by atoms with van der Waals surface area (Å²) >= 11 is 0. The molecule has 0 aromatic heterocycles. The second kappa shape index (κ2) is 7.21. The van der Waals surface area contributed by atoms with E-state index in [1.807, 2.05) is 6.92 Å². The molecule has 24 heavy (non-hydrogen) atoms. The van der Waals surface area contributed by atoms with Crippen molar-refractivity contribution >= 4 is 22.5 Å². The molecule has 1 amide bonds. The number of rotatable bonds is 8. The van der Waals surface area contributed by atoms with Crippen LogP contribution in [0.1, 0.15) is 48.5 Å². The lowest BCUT2D eigenvalue weighted by Crippen LogP contribution is -2.67. The monoisotopic (exact) mass is 373 g/mol. The Morgan fingerprint density at radius 1 is 1.04 bits per heavy atom. The van der Waals surface area contributed by atoms with E-state index in [1.165, 1.54) is 0 Å². The molecule has 1 aliphatic heterocycles. The summed E-state index contributed by atoms with van der Waals surface area (Å²) in [6, 6.07) is 0. The lowest BCUT2D eigenvalue weighted by molar-refractivity contribution is -0.152. The van der Waals surface area contributed by atoms with Gasteiger partial charge in [0.05, 0.1) is 6.10 Å². The number of carbonyl (C=O) groups is 1. The third-order valence-corrected chi connectivity index (χ3v) is 15.0. The minimum absolute atomic E-state index is 0.0632. The number of amides is 1. The van der Waals surface area contributed by atoms with Gasteiger partial charge in [-0.1, -0.05) is 41.5 Å². The van der Waals surface area contributed by atoms with Gasteiger partial charge in [-0.2, -0.15) is 0 Å². The van der Waals surface area contributed by atoms with Gasteiger partial charge in [0.25, 0.3) is 0 Å². The highest BCUT2D eigenvalue weighted by Crippen LogP contribution is 2.46. The SMILES string of the molecule is CC(O[Si](C)(C)C(C)(C)C(C)C)C1C(=O)NC1O[Si](C)(C)C(C)C. The van der Waals surface area contributed by atoms with Crippen molar-refractivity contribution in [2.75, 3.05) is 0 Å². The highest BCUT2D eigenvalue weighted by molar-refractivity contribution is 6.74. The number of hydrogen-bond acceptors (Lipinski definition) is 3. The van der Waals surface area contributed by atoms with E-state index in [2.05, 4.69) is 73.0 Å². The first-order chi connectivity index (χ1) is 10.6. The fourth-order valence-corrected chi connectivity index (χ4v) is 6.68. The molecule has 1 aliphatic rings. The van der Waals surface area contributed by atoms with Crippen LogP contribution < -0.4 is 5.32 Å². The predicted molar refractivity (Wildman–Crippen MR) is 106 cm³/mol. The van der Waals surface area contributed by atoms with E-state index in [-0.39, 0.29) is 29.2 Å². The molecule has 3 atom stereocenters. The lowest BCUT2D eigenvalue weighted by Gasteiger charge is -2.49. The van der Waals surface area contributed by atoms with Crippen molar-refractivity contribution in [2.45, 2.75) is 97.6 Å². The normalized spacial score (nSPS) is 24.1. The average molecular weight is 374 g/mol. The topological polar surface area (TPSA) is 47.6 Å². The molecular formula is C18H39NO3Si2. The molecule has 0 aromatic rings. The van der Waals surface area contributed by atoms with Gasteiger partial charge in [0.15, 0.2) is 16.6 Å². The molecule has 0 spiro atoms. The van der Waals surface area contributed by atoms with Gasteiger partial charge in [-0.3, -0.25) is 4.79 Å². The number of hydrogen-bond donors (Lipinski definition) is 1. The Labute approximate surface area is 151 Å². The maximum atomic E-state index is 12.2. The minimum atomic E-state index is -1.97. The summed E-state index contributed by atoms with van der Waals surface area (Å²) in [5.41, 5.74) is 0.512. The van der Waals surface area contributed by atoms with Crippen LogP contribution in [0.4, 0.5) is 0 Å². The van der Waals surface area contributed by atoms with Crippen LogP contribution in [0.3, 0.4) is 0 Å². The summed E-state index contributed by atoms with van der Waals surface area (Å²) in [6.45, 7) is 24.5. The molecule has 4 nitrogen and oxygen atoms in total.